The first kappa shape index (κ1) is 22.9. The summed E-state index contributed by atoms with van der Waals surface area (Å²) in [7, 11) is 0. The summed E-state index contributed by atoms with van der Waals surface area (Å²) >= 11 is 3.42. The molecule has 0 saturated carbocycles. The summed E-state index contributed by atoms with van der Waals surface area (Å²) in [5.74, 6) is -0.322. The van der Waals surface area contributed by atoms with Gasteiger partial charge in [0.15, 0.2) is 0 Å². The lowest BCUT2D eigenvalue weighted by Crippen LogP contribution is -2.51. The molecule has 3 aromatic carbocycles. The first-order valence-electron chi connectivity index (χ1n) is 11.0. The van der Waals surface area contributed by atoms with Gasteiger partial charge in [0, 0.05) is 37.1 Å². The van der Waals surface area contributed by atoms with Crippen LogP contribution in [0, 0.1) is 0 Å². The highest BCUT2D eigenvalue weighted by atomic mass is 79.9. The maximum Gasteiger partial charge on any atom is 0.255 e. The predicted octanol–water partition coefficient (Wildman–Crippen LogP) is 4.60. The van der Waals surface area contributed by atoms with E-state index >= 15 is 0 Å². The molecule has 0 N–H and O–H groups in total. The summed E-state index contributed by atoms with van der Waals surface area (Å²) in [5, 5.41) is 0. The van der Waals surface area contributed by atoms with Crippen LogP contribution in [0.3, 0.4) is 0 Å². The van der Waals surface area contributed by atoms with E-state index < -0.39 is 0 Å². The Morgan fingerprint density at radius 1 is 0.697 bits per heavy atom. The van der Waals surface area contributed by atoms with Gasteiger partial charge in [-0.3, -0.25) is 14.4 Å². The highest BCUT2D eigenvalue weighted by Gasteiger charge is 2.26. The molecule has 0 atom stereocenters. The number of rotatable bonds is 6. The average molecular weight is 505 g/mol. The number of hydrogen-bond acceptors (Lipinski definition) is 3. The van der Waals surface area contributed by atoms with Crippen molar-refractivity contribution in [2.75, 3.05) is 26.2 Å². The molecule has 0 aromatic heterocycles. The van der Waals surface area contributed by atoms with Crippen LogP contribution in [0.15, 0.2) is 83.3 Å². The van der Waals surface area contributed by atoms with Crippen LogP contribution < -0.4 is 0 Å². The van der Waals surface area contributed by atoms with Crippen molar-refractivity contribution in [3.63, 3.8) is 0 Å². The topological polar surface area (TPSA) is 57.7 Å². The zero-order valence-electron chi connectivity index (χ0n) is 18.2. The molecule has 0 bridgehead atoms. The summed E-state index contributed by atoms with van der Waals surface area (Å²) in [6.07, 6.45) is 0.125. The molecular formula is C27H25BrN2O3. The number of amides is 2. The average Bonchev–Trinajstić information content (AvgIpc) is 2.85. The molecule has 1 heterocycles. The third kappa shape index (κ3) is 5.76. The zero-order chi connectivity index (χ0) is 23.2. The van der Waals surface area contributed by atoms with Gasteiger partial charge in [0.05, 0.1) is 12.0 Å². The number of Topliss-reactive ketones (excluding diaryl/α,β-unsaturated/α-hetero) is 1. The van der Waals surface area contributed by atoms with Gasteiger partial charge in [-0.15, -0.1) is 0 Å². The summed E-state index contributed by atoms with van der Waals surface area (Å²) in [6, 6.07) is 25.3. The van der Waals surface area contributed by atoms with E-state index in [0.717, 1.165) is 21.2 Å². The third-order valence-corrected chi connectivity index (χ3v) is 6.53. The Bertz CT molecular complexity index is 1140. The van der Waals surface area contributed by atoms with Gasteiger partial charge in [-0.2, -0.15) is 0 Å². The summed E-state index contributed by atoms with van der Waals surface area (Å²) in [6.45, 7) is 1.80. The van der Waals surface area contributed by atoms with Gasteiger partial charge in [0.1, 0.15) is 5.78 Å². The standard InChI is InChI=1S/C27H25BrN2O3/c28-25-9-5-4-8-24(25)27(33)30-16-14-29(15-17-30)26(32)19-23(31)18-20-10-12-22(13-11-20)21-6-2-1-3-7-21/h1-13H,14-19H2. The van der Waals surface area contributed by atoms with E-state index in [1.54, 1.807) is 15.9 Å². The molecule has 4 rings (SSSR count). The smallest absolute Gasteiger partial charge is 0.255 e. The first-order valence-corrected chi connectivity index (χ1v) is 11.8. The maximum absolute atomic E-state index is 12.7. The summed E-state index contributed by atoms with van der Waals surface area (Å²) in [4.78, 5) is 41.3. The minimum Gasteiger partial charge on any atom is -0.339 e. The number of benzene rings is 3. The van der Waals surface area contributed by atoms with Crippen molar-refractivity contribution in [1.29, 1.82) is 0 Å². The van der Waals surface area contributed by atoms with Gasteiger partial charge in [-0.05, 0) is 44.8 Å². The summed E-state index contributed by atoms with van der Waals surface area (Å²) < 4.78 is 0.760. The van der Waals surface area contributed by atoms with Crippen LogP contribution in [0.5, 0.6) is 0 Å². The Kier molecular flexibility index (Phi) is 7.35. The van der Waals surface area contributed by atoms with Crippen molar-refractivity contribution in [3.8, 4) is 11.1 Å². The van der Waals surface area contributed by atoms with Crippen molar-refractivity contribution in [2.24, 2.45) is 0 Å². The quantitative estimate of drug-likeness (QED) is 0.460. The number of carbonyl (C=O) groups is 3. The van der Waals surface area contributed by atoms with Crippen LogP contribution in [0.25, 0.3) is 11.1 Å². The minimum absolute atomic E-state index is 0.0513. The molecule has 1 fully saturated rings. The Balaban J connectivity index is 1.26. The normalized spacial score (nSPS) is 13.6. The van der Waals surface area contributed by atoms with Crippen molar-refractivity contribution < 1.29 is 14.4 Å². The minimum atomic E-state index is -0.172. The molecule has 0 aliphatic carbocycles. The van der Waals surface area contributed by atoms with E-state index in [-0.39, 0.29) is 30.4 Å². The van der Waals surface area contributed by atoms with Crippen LogP contribution in [0.1, 0.15) is 22.3 Å². The van der Waals surface area contributed by atoms with E-state index in [9.17, 15) is 14.4 Å². The molecule has 33 heavy (non-hydrogen) atoms. The molecule has 2 amide bonds. The largest absolute Gasteiger partial charge is 0.339 e. The Morgan fingerprint density at radius 2 is 1.27 bits per heavy atom. The lowest BCUT2D eigenvalue weighted by Gasteiger charge is -2.35. The van der Waals surface area contributed by atoms with Crippen molar-refractivity contribution >= 4 is 33.5 Å². The molecule has 1 aliphatic heterocycles. The lowest BCUT2D eigenvalue weighted by molar-refractivity contribution is -0.136. The van der Waals surface area contributed by atoms with Crippen LogP contribution in [-0.4, -0.2) is 53.6 Å². The monoisotopic (exact) mass is 504 g/mol. The first-order chi connectivity index (χ1) is 16.0. The number of hydrogen-bond donors (Lipinski definition) is 0. The van der Waals surface area contributed by atoms with Crippen LogP contribution in [0.4, 0.5) is 0 Å². The Hall–Kier alpha value is -3.25. The van der Waals surface area contributed by atoms with Gasteiger partial charge in [-0.1, -0.05) is 66.7 Å². The predicted molar refractivity (Wildman–Crippen MR) is 132 cm³/mol. The maximum atomic E-state index is 12.7. The van der Waals surface area contributed by atoms with E-state index in [1.165, 1.54) is 0 Å². The van der Waals surface area contributed by atoms with E-state index in [1.807, 2.05) is 72.8 Å². The number of piperazine rings is 1. The molecule has 168 valence electrons. The van der Waals surface area contributed by atoms with Gasteiger partial charge in [-0.25, -0.2) is 0 Å². The highest BCUT2D eigenvalue weighted by Crippen LogP contribution is 2.20. The van der Waals surface area contributed by atoms with Gasteiger partial charge in [0.2, 0.25) is 5.91 Å². The Labute approximate surface area is 202 Å². The van der Waals surface area contributed by atoms with Crippen LogP contribution >= 0.6 is 15.9 Å². The molecule has 6 heteroatoms. The molecule has 0 spiro atoms. The second-order valence-electron chi connectivity index (χ2n) is 8.11. The van der Waals surface area contributed by atoms with Gasteiger partial charge >= 0.3 is 0 Å². The van der Waals surface area contributed by atoms with Crippen LogP contribution in [-0.2, 0) is 16.0 Å². The molecule has 1 aliphatic rings. The summed E-state index contributed by atoms with van der Waals surface area (Å²) in [5.41, 5.74) is 3.74. The second kappa shape index (κ2) is 10.6. The number of halogens is 1. The molecule has 1 saturated heterocycles. The fourth-order valence-corrected chi connectivity index (χ4v) is 4.43. The van der Waals surface area contributed by atoms with E-state index in [2.05, 4.69) is 15.9 Å². The molecule has 0 unspecified atom stereocenters. The number of carbonyl (C=O) groups excluding carboxylic acids is 3. The fourth-order valence-electron chi connectivity index (χ4n) is 3.98. The molecule has 5 nitrogen and oxygen atoms in total. The zero-order valence-corrected chi connectivity index (χ0v) is 19.8. The van der Waals surface area contributed by atoms with Crippen molar-refractivity contribution in [1.82, 2.24) is 9.80 Å². The van der Waals surface area contributed by atoms with Crippen molar-refractivity contribution in [3.05, 3.63) is 94.5 Å². The molecule has 0 radical (unpaired) electrons. The van der Waals surface area contributed by atoms with E-state index in [0.29, 0.717) is 31.7 Å². The second-order valence-corrected chi connectivity index (χ2v) is 8.96. The number of nitrogens with zero attached hydrogens (tertiary/aromatic N) is 2. The highest BCUT2D eigenvalue weighted by molar-refractivity contribution is 9.10. The van der Waals surface area contributed by atoms with Gasteiger partial charge < -0.3 is 9.80 Å². The molecular weight excluding hydrogens is 480 g/mol. The Morgan fingerprint density at radius 3 is 1.94 bits per heavy atom. The van der Waals surface area contributed by atoms with Crippen molar-refractivity contribution in [2.45, 2.75) is 12.8 Å². The fraction of sp³-hybridized carbons (Fsp3) is 0.222. The van der Waals surface area contributed by atoms with Crippen LogP contribution in [0.2, 0.25) is 0 Å². The van der Waals surface area contributed by atoms with E-state index in [4.69, 9.17) is 0 Å². The SMILES string of the molecule is O=C(CC(=O)N1CCN(C(=O)c2ccccc2Br)CC1)Cc1ccc(-c2ccccc2)cc1. The van der Waals surface area contributed by atoms with Gasteiger partial charge in [0.25, 0.3) is 5.91 Å². The lowest BCUT2D eigenvalue weighted by atomic mass is 10.0. The molecule has 3 aromatic rings. The number of ketones is 1. The third-order valence-electron chi connectivity index (χ3n) is 5.83.